The number of thiazole rings is 1. The van der Waals surface area contributed by atoms with Crippen LogP contribution in [0.1, 0.15) is 23.4 Å². The Bertz CT molecular complexity index is 681. The first-order valence-corrected chi connectivity index (χ1v) is 8.42. The molecule has 1 aliphatic rings. The lowest BCUT2D eigenvalue weighted by atomic mass is 10.1. The van der Waals surface area contributed by atoms with E-state index in [9.17, 15) is 4.79 Å². The summed E-state index contributed by atoms with van der Waals surface area (Å²) in [4.78, 5) is 18.3. The molecule has 0 radical (unpaired) electrons. The minimum Gasteiger partial charge on any atom is -0.496 e. The molecule has 2 aromatic rings. The summed E-state index contributed by atoms with van der Waals surface area (Å²) < 4.78 is 5.43. The molecule has 3 rings (SSSR count). The highest BCUT2D eigenvalue weighted by Crippen LogP contribution is 2.31. The van der Waals surface area contributed by atoms with Gasteiger partial charge in [-0.05, 0) is 25.5 Å². The molecule has 1 aromatic heterocycles. The molecule has 22 heavy (non-hydrogen) atoms. The maximum atomic E-state index is 11.6. The van der Waals surface area contributed by atoms with E-state index >= 15 is 0 Å². The number of hydrogen-bond acceptors (Lipinski definition) is 4. The molecule has 0 spiro atoms. The maximum Gasteiger partial charge on any atom is 0.222 e. The lowest BCUT2D eigenvalue weighted by molar-refractivity contribution is -0.127. The van der Waals surface area contributed by atoms with E-state index in [0.29, 0.717) is 6.42 Å². The number of ether oxygens (including phenoxy) is 1. The number of amides is 1. The fourth-order valence-corrected chi connectivity index (χ4v) is 3.53. The third-order valence-electron chi connectivity index (χ3n) is 3.95. The molecule has 1 fully saturated rings. The number of carbonyl (C=O) groups is 1. The van der Waals surface area contributed by atoms with Crippen LogP contribution in [-0.2, 0) is 11.2 Å². The van der Waals surface area contributed by atoms with Crippen molar-refractivity contribution in [3.63, 3.8) is 0 Å². The number of likely N-dealkylation sites (tertiary alicyclic amines) is 1. The Morgan fingerprint density at radius 2 is 2.27 bits per heavy atom. The van der Waals surface area contributed by atoms with Gasteiger partial charge in [-0.15, -0.1) is 11.3 Å². The van der Waals surface area contributed by atoms with Crippen LogP contribution in [0.3, 0.4) is 0 Å². The van der Waals surface area contributed by atoms with Crippen molar-refractivity contribution in [1.29, 1.82) is 0 Å². The van der Waals surface area contributed by atoms with Crippen LogP contribution in [0.2, 0.25) is 0 Å². The third-order valence-corrected chi connectivity index (χ3v) is 4.86. The number of benzene rings is 1. The van der Waals surface area contributed by atoms with E-state index in [2.05, 4.69) is 18.4 Å². The predicted molar refractivity (Wildman–Crippen MR) is 88.4 cm³/mol. The number of nitrogens with zero attached hydrogens (tertiary/aromatic N) is 2. The van der Waals surface area contributed by atoms with Crippen molar-refractivity contribution in [1.82, 2.24) is 9.88 Å². The van der Waals surface area contributed by atoms with Crippen LogP contribution in [-0.4, -0.2) is 36.0 Å². The van der Waals surface area contributed by atoms with Gasteiger partial charge in [-0.25, -0.2) is 4.98 Å². The summed E-state index contributed by atoms with van der Waals surface area (Å²) in [5.74, 6) is 1.12. The highest BCUT2D eigenvalue weighted by atomic mass is 32.1. The molecule has 116 valence electrons. The second-order valence-electron chi connectivity index (χ2n) is 5.56. The standard InChI is InChI=1S/C17H20N2O2S/c1-12-5-6-15(21-2)13(10-12)14-11-22-16(18-14)7-9-19-8-3-4-17(19)20/h5-6,10-11H,3-4,7-9H2,1-2H3. The number of methoxy groups -OCH3 is 1. The molecule has 1 aromatic carbocycles. The van der Waals surface area contributed by atoms with Crippen molar-refractivity contribution in [3.05, 3.63) is 34.2 Å². The number of rotatable bonds is 5. The van der Waals surface area contributed by atoms with Crippen molar-refractivity contribution in [2.24, 2.45) is 0 Å². The molecule has 0 bridgehead atoms. The molecule has 2 heterocycles. The molecule has 0 aliphatic carbocycles. The van der Waals surface area contributed by atoms with Crippen LogP contribution in [0.5, 0.6) is 5.75 Å². The zero-order valence-corrected chi connectivity index (χ0v) is 13.8. The average Bonchev–Trinajstić information content (AvgIpc) is 3.14. The van der Waals surface area contributed by atoms with Crippen LogP contribution in [0.15, 0.2) is 23.6 Å². The maximum absolute atomic E-state index is 11.6. The number of hydrogen-bond donors (Lipinski definition) is 0. The quantitative estimate of drug-likeness (QED) is 0.850. The van der Waals surface area contributed by atoms with Crippen molar-refractivity contribution < 1.29 is 9.53 Å². The van der Waals surface area contributed by atoms with Crippen molar-refractivity contribution >= 4 is 17.2 Å². The normalized spacial score (nSPS) is 14.6. The minimum absolute atomic E-state index is 0.275. The monoisotopic (exact) mass is 316 g/mol. The second-order valence-corrected chi connectivity index (χ2v) is 6.51. The highest BCUT2D eigenvalue weighted by molar-refractivity contribution is 7.09. The van der Waals surface area contributed by atoms with Gasteiger partial charge in [0.05, 0.1) is 17.8 Å². The fraction of sp³-hybridized carbons (Fsp3) is 0.412. The van der Waals surface area contributed by atoms with E-state index in [0.717, 1.165) is 47.9 Å². The minimum atomic E-state index is 0.275. The Morgan fingerprint density at radius 3 is 3.00 bits per heavy atom. The van der Waals surface area contributed by atoms with Gasteiger partial charge in [0.15, 0.2) is 0 Å². The zero-order chi connectivity index (χ0) is 15.5. The molecule has 0 atom stereocenters. The largest absolute Gasteiger partial charge is 0.496 e. The molecule has 0 N–H and O–H groups in total. The van der Waals surface area contributed by atoms with E-state index in [-0.39, 0.29) is 5.91 Å². The van der Waals surface area contributed by atoms with Gasteiger partial charge < -0.3 is 9.64 Å². The molecule has 1 amide bonds. The van der Waals surface area contributed by atoms with Crippen LogP contribution < -0.4 is 4.74 Å². The first-order valence-electron chi connectivity index (χ1n) is 7.54. The van der Waals surface area contributed by atoms with Crippen molar-refractivity contribution in [3.8, 4) is 17.0 Å². The Labute approximate surface area is 134 Å². The van der Waals surface area contributed by atoms with E-state index in [1.807, 2.05) is 17.0 Å². The Morgan fingerprint density at radius 1 is 1.41 bits per heavy atom. The average molecular weight is 316 g/mol. The summed E-state index contributed by atoms with van der Waals surface area (Å²) in [5, 5.41) is 3.14. The predicted octanol–water partition coefficient (Wildman–Crippen LogP) is 3.29. The van der Waals surface area contributed by atoms with Gasteiger partial charge in [0.25, 0.3) is 0 Å². The first-order chi connectivity index (χ1) is 10.7. The summed E-state index contributed by atoms with van der Waals surface area (Å²) in [6, 6.07) is 6.11. The zero-order valence-electron chi connectivity index (χ0n) is 13.0. The molecule has 0 unspecified atom stereocenters. The van der Waals surface area contributed by atoms with E-state index < -0.39 is 0 Å². The Balaban J connectivity index is 1.73. The Hall–Kier alpha value is -1.88. The van der Waals surface area contributed by atoms with Gasteiger partial charge >= 0.3 is 0 Å². The van der Waals surface area contributed by atoms with Crippen LogP contribution in [0, 0.1) is 6.92 Å². The molecule has 0 saturated carbocycles. The SMILES string of the molecule is COc1ccc(C)cc1-c1csc(CCN2CCCC2=O)n1. The second kappa shape index (κ2) is 6.48. The lowest BCUT2D eigenvalue weighted by Crippen LogP contribution is -2.26. The van der Waals surface area contributed by atoms with Gasteiger partial charge in [-0.1, -0.05) is 11.6 Å². The summed E-state index contributed by atoms with van der Waals surface area (Å²) >= 11 is 1.65. The van der Waals surface area contributed by atoms with Crippen LogP contribution >= 0.6 is 11.3 Å². The lowest BCUT2D eigenvalue weighted by Gasteiger charge is -2.13. The Kier molecular flexibility index (Phi) is 4.43. The number of carbonyl (C=O) groups excluding carboxylic acids is 1. The van der Waals surface area contributed by atoms with Gasteiger partial charge in [0.1, 0.15) is 5.75 Å². The van der Waals surface area contributed by atoms with Gasteiger partial charge in [-0.3, -0.25) is 4.79 Å². The van der Waals surface area contributed by atoms with Gasteiger partial charge in [-0.2, -0.15) is 0 Å². The molecular weight excluding hydrogens is 296 g/mol. The highest BCUT2D eigenvalue weighted by Gasteiger charge is 2.20. The summed E-state index contributed by atoms with van der Waals surface area (Å²) in [5.41, 5.74) is 3.17. The van der Waals surface area contributed by atoms with Crippen molar-refractivity contribution in [2.45, 2.75) is 26.2 Å². The van der Waals surface area contributed by atoms with E-state index in [1.165, 1.54) is 5.56 Å². The fourth-order valence-electron chi connectivity index (χ4n) is 2.74. The molecule has 1 saturated heterocycles. The molecular formula is C17H20N2O2S. The van der Waals surface area contributed by atoms with E-state index in [4.69, 9.17) is 9.72 Å². The smallest absolute Gasteiger partial charge is 0.222 e. The summed E-state index contributed by atoms with van der Waals surface area (Å²) in [6.45, 7) is 3.73. The topological polar surface area (TPSA) is 42.4 Å². The number of aromatic nitrogens is 1. The van der Waals surface area contributed by atoms with Gasteiger partial charge in [0.2, 0.25) is 5.91 Å². The third kappa shape index (κ3) is 3.14. The first kappa shape index (κ1) is 15.0. The van der Waals surface area contributed by atoms with E-state index in [1.54, 1.807) is 18.4 Å². The molecule has 1 aliphatic heterocycles. The van der Waals surface area contributed by atoms with Gasteiger partial charge in [0, 0.05) is 36.9 Å². The molecule has 4 nitrogen and oxygen atoms in total. The summed E-state index contributed by atoms with van der Waals surface area (Å²) in [7, 11) is 1.68. The molecule has 5 heteroatoms. The number of aryl methyl sites for hydroxylation is 1. The summed E-state index contributed by atoms with van der Waals surface area (Å²) in [6.07, 6.45) is 2.51. The van der Waals surface area contributed by atoms with Crippen LogP contribution in [0.25, 0.3) is 11.3 Å². The van der Waals surface area contributed by atoms with Crippen molar-refractivity contribution in [2.75, 3.05) is 20.2 Å². The van der Waals surface area contributed by atoms with Crippen LogP contribution in [0.4, 0.5) is 0 Å².